The van der Waals surface area contributed by atoms with Gasteiger partial charge in [0.1, 0.15) is 0 Å². The maximum atomic E-state index is 10.1. The average Bonchev–Trinajstić information content (AvgIpc) is 2.66. The Hall–Kier alpha value is -0.160. The molecular formula is C23H48O4. The predicted molar refractivity (Wildman–Crippen MR) is 114 cm³/mol. The van der Waals surface area contributed by atoms with Crippen molar-refractivity contribution < 1.29 is 20.4 Å². The van der Waals surface area contributed by atoms with Gasteiger partial charge in [0.25, 0.3) is 0 Å². The van der Waals surface area contributed by atoms with E-state index in [1.54, 1.807) is 0 Å². The summed E-state index contributed by atoms with van der Waals surface area (Å²) in [6, 6.07) is 0. The molecule has 0 aromatic heterocycles. The molecule has 0 heterocycles. The van der Waals surface area contributed by atoms with E-state index in [-0.39, 0.29) is 19.8 Å². The average molecular weight is 389 g/mol. The van der Waals surface area contributed by atoms with Crippen LogP contribution in [0.3, 0.4) is 0 Å². The summed E-state index contributed by atoms with van der Waals surface area (Å²) in [5.74, 6) is 0.852. The molecule has 0 aliphatic carbocycles. The van der Waals surface area contributed by atoms with Gasteiger partial charge in [-0.3, -0.25) is 0 Å². The minimum atomic E-state index is -1.16. The second-order valence-electron chi connectivity index (χ2n) is 8.92. The Labute approximate surface area is 168 Å². The van der Waals surface area contributed by atoms with E-state index in [4.69, 9.17) is 0 Å². The highest BCUT2D eigenvalue weighted by Crippen LogP contribution is 2.25. The highest BCUT2D eigenvalue weighted by molar-refractivity contribution is 4.84. The maximum absolute atomic E-state index is 10.1. The van der Waals surface area contributed by atoms with Crippen molar-refractivity contribution in [3.8, 4) is 0 Å². The molecule has 4 heteroatoms. The van der Waals surface area contributed by atoms with E-state index in [1.165, 1.54) is 77.0 Å². The van der Waals surface area contributed by atoms with Gasteiger partial charge < -0.3 is 20.4 Å². The molecular weight excluding hydrogens is 340 g/mol. The molecule has 0 radical (unpaired) electrons. The Morgan fingerprint density at radius 2 is 0.815 bits per heavy atom. The number of unbranched alkanes of at least 4 members (excludes halogenated alkanes) is 12. The standard InChI is InChI=1S/C23H48O4/c1-21(2)16-14-12-10-8-6-4-3-5-7-9-11-13-15-17-22(27)23(18-24,19-25)20-26/h21-22,24-27H,3-20H2,1-2H3. The van der Waals surface area contributed by atoms with E-state index in [9.17, 15) is 20.4 Å². The summed E-state index contributed by atoms with van der Waals surface area (Å²) < 4.78 is 0. The van der Waals surface area contributed by atoms with Crippen LogP contribution in [0.4, 0.5) is 0 Å². The Balaban J connectivity index is 3.36. The van der Waals surface area contributed by atoms with Crippen molar-refractivity contribution >= 4 is 0 Å². The van der Waals surface area contributed by atoms with Crippen LogP contribution in [0, 0.1) is 11.3 Å². The van der Waals surface area contributed by atoms with Gasteiger partial charge in [0.15, 0.2) is 0 Å². The Kier molecular flexibility index (Phi) is 17.8. The third kappa shape index (κ3) is 13.6. The highest BCUT2D eigenvalue weighted by atomic mass is 16.3. The summed E-state index contributed by atoms with van der Waals surface area (Å²) in [6.45, 7) is 3.44. The first kappa shape index (κ1) is 26.8. The van der Waals surface area contributed by atoms with Gasteiger partial charge in [-0.1, -0.05) is 104 Å². The van der Waals surface area contributed by atoms with E-state index in [0.29, 0.717) is 6.42 Å². The molecule has 0 aliphatic rings. The predicted octanol–water partition coefficient (Wildman–Crippen LogP) is 4.82. The molecule has 0 amide bonds. The fourth-order valence-corrected chi connectivity index (χ4v) is 3.61. The summed E-state index contributed by atoms with van der Waals surface area (Å²) in [5, 5.41) is 38.0. The summed E-state index contributed by atoms with van der Waals surface area (Å²) in [4.78, 5) is 0. The fraction of sp³-hybridized carbons (Fsp3) is 1.00. The maximum Gasteiger partial charge on any atom is 0.0662 e. The third-order valence-corrected chi connectivity index (χ3v) is 5.91. The lowest BCUT2D eigenvalue weighted by Crippen LogP contribution is -2.45. The van der Waals surface area contributed by atoms with Crippen molar-refractivity contribution in [3.05, 3.63) is 0 Å². The van der Waals surface area contributed by atoms with Gasteiger partial charge in [0.2, 0.25) is 0 Å². The topological polar surface area (TPSA) is 80.9 Å². The lowest BCUT2D eigenvalue weighted by atomic mass is 9.82. The Morgan fingerprint density at radius 1 is 0.519 bits per heavy atom. The van der Waals surface area contributed by atoms with Crippen LogP contribution in [0.1, 0.15) is 110 Å². The van der Waals surface area contributed by atoms with Crippen molar-refractivity contribution in [2.24, 2.45) is 11.3 Å². The van der Waals surface area contributed by atoms with Gasteiger partial charge in [-0.2, -0.15) is 0 Å². The molecule has 0 aliphatic heterocycles. The molecule has 4 N–H and O–H groups in total. The number of hydrogen-bond donors (Lipinski definition) is 4. The largest absolute Gasteiger partial charge is 0.396 e. The van der Waals surface area contributed by atoms with E-state index < -0.39 is 11.5 Å². The first-order chi connectivity index (χ1) is 13.0. The molecule has 1 atom stereocenters. The van der Waals surface area contributed by atoms with Gasteiger partial charge >= 0.3 is 0 Å². The summed E-state index contributed by atoms with van der Waals surface area (Å²) >= 11 is 0. The van der Waals surface area contributed by atoms with Gasteiger partial charge in [-0.05, 0) is 12.3 Å². The zero-order valence-electron chi connectivity index (χ0n) is 18.2. The van der Waals surface area contributed by atoms with Crippen molar-refractivity contribution in [3.63, 3.8) is 0 Å². The second-order valence-corrected chi connectivity index (χ2v) is 8.92. The van der Waals surface area contributed by atoms with Crippen LogP contribution in [0.2, 0.25) is 0 Å². The summed E-state index contributed by atoms with van der Waals surface area (Å²) in [6.07, 6.45) is 17.8. The molecule has 0 aromatic rings. The molecule has 0 saturated heterocycles. The van der Waals surface area contributed by atoms with Crippen molar-refractivity contribution in [2.75, 3.05) is 19.8 Å². The van der Waals surface area contributed by atoms with E-state index in [1.807, 2.05) is 0 Å². The van der Waals surface area contributed by atoms with Crippen LogP contribution < -0.4 is 0 Å². The second kappa shape index (κ2) is 17.9. The van der Waals surface area contributed by atoms with Gasteiger partial charge in [0, 0.05) is 0 Å². The SMILES string of the molecule is CC(C)CCCCCCCCCCCCCCCC(O)C(CO)(CO)CO. The fourth-order valence-electron chi connectivity index (χ4n) is 3.61. The molecule has 1 unspecified atom stereocenters. The van der Waals surface area contributed by atoms with Gasteiger partial charge in [0.05, 0.1) is 31.3 Å². The number of aliphatic hydroxyl groups excluding tert-OH is 4. The van der Waals surface area contributed by atoms with Crippen LogP contribution in [-0.4, -0.2) is 46.4 Å². The number of hydrogen-bond acceptors (Lipinski definition) is 4. The molecule has 0 saturated carbocycles. The molecule has 164 valence electrons. The van der Waals surface area contributed by atoms with E-state index in [0.717, 1.165) is 18.8 Å². The highest BCUT2D eigenvalue weighted by Gasteiger charge is 2.35. The first-order valence-corrected chi connectivity index (χ1v) is 11.5. The van der Waals surface area contributed by atoms with Crippen LogP contribution in [0.25, 0.3) is 0 Å². The van der Waals surface area contributed by atoms with Crippen LogP contribution in [0.5, 0.6) is 0 Å². The molecule has 27 heavy (non-hydrogen) atoms. The zero-order chi connectivity index (χ0) is 20.4. The molecule has 0 spiro atoms. The lowest BCUT2D eigenvalue weighted by molar-refractivity contribution is -0.0863. The molecule has 4 nitrogen and oxygen atoms in total. The molecule has 0 bridgehead atoms. The smallest absolute Gasteiger partial charge is 0.0662 e. The quantitative estimate of drug-likeness (QED) is 0.225. The Bertz CT molecular complexity index is 294. The van der Waals surface area contributed by atoms with Crippen molar-refractivity contribution in [2.45, 2.75) is 116 Å². The van der Waals surface area contributed by atoms with Crippen LogP contribution >= 0.6 is 0 Å². The lowest BCUT2D eigenvalue weighted by Gasteiger charge is -2.32. The molecule has 0 aromatic carbocycles. The third-order valence-electron chi connectivity index (χ3n) is 5.91. The number of aliphatic hydroxyl groups is 4. The Morgan fingerprint density at radius 3 is 1.11 bits per heavy atom. The monoisotopic (exact) mass is 388 g/mol. The van der Waals surface area contributed by atoms with E-state index >= 15 is 0 Å². The minimum Gasteiger partial charge on any atom is -0.396 e. The van der Waals surface area contributed by atoms with Crippen LogP contribution in [0.15, 0.2) is 0 Å². The zero-order valence-corrected chi connectivity index (χ0v) is 18.2. The minimum absolute atomic E-state index is 0.390. The van der Waals surface area contributed by atoms with Gasteiger partial charge in [-0.15, -0.1) is 0 Å². The van der Waals surface area contributed by atoms with Crippen molar-refractivity contribution in [1.29, 1.82) is 0 Å². The number of rotatable bonds is 20. The van der Waals surface area contributed by atoms with E-state index in [2.05, 4.69) is 13.8 Å². The molecule has 0 fully saturated rings. The normalized spacial score (nSPS) is 13.4. The summed E-state index contributed by atoms with van der Waals surface area (Å²) in [5.41, 5.74) is -1.16. The van der Waals surface area contributed by atoms with Crippen molar-refractivity contribution in [1.82, 2.24) is 0 Å². The van der Waals surface area contributed by atoms with Crippen LogP contribution in [-0.2, 0) is 0 Å². The first-order valence-electron chi connectivity index (χ1n) is 11.5. The summed E-state index contributed by atoms with van der Waals surface area (Å²) in [7, 11) is 0. The van der Waals surface area contributed by atoms with Gasteiger partial charge in [-0.25, -0.2) is 0 Å². The molecule has 0 rings (SSSR count).